The fourth-order valence-corrected chi connectivity index (χ4v) is 3.59. The summed E-state index contributed by atoms with van der Waals surface area (Å²) >= 11 is 0. The molecule has 0 spiro atoms. The van der Waals surface area contributed by atoms with Crippen LogP contribution in [0.25, 0.3) is 10.8 Å². The van der Waals surface area contributed by atoms with Crippen molar-refractivity contribution < 1.29 is 35.3 Å². The van der Waals surface area contributed by atoms with Crippen molar-refractivity contribution in [1.29, 1.82) is 0 Å². The largest absolute Gasteiger partial charge is 4.00 e. The van der Waals surface area contributed by atoms with Gasteiger partial charge in [-0.2, -0.15) is 17.2 Å². The van der Waals surface area contributed by atoms with Crippen molar-refractivity contribution in [1.82, 2.24) is 0 Å². The van der Waals surface area contributed by atoms with Crippen LogP contribution >= 0.6 is 7.92 Å². The Kier molecular flexibility index (Phi) is 11.3. The van der Waals surface area contributed by atoms with E-state index in [2.05, 4.69) is 90.4 Å². The van der Waals surface area contributed by atoms with Crippen LogP contribution in [0.1, 0.15) is 34.6 Å². The molecule has 3 rings (SSSR count). The van der Waals surface area contributed by atoms with Crippen molar-refractivity contribution in [3.05, 3.63) is 59.2 Å². The number of benzene rings is 1. The smallest absolute Gasteiger partial charge is 1.00 e. The van der Waals surface area contributed by atoms with Crippen molar-refractivity contribution in [3.8, 4) is 0 Å². The molecule has 0 unspecified atom stereocenters. The second kappa shape index (κ2) is 10.6. The van der Waals surface area contributed by atoms with E-state index >= 15 is 0 Å². The minimum absolute atomic E-state index is 0. The van der Waals surface area contributed by atoms with E-state index in [-0.39, 0.29) is 48.6 Å². The molecule has 0 saturated carbocycles. The molecule has 0 N–H and O–H groups in total. The maximum atomic E-state index is 3.44. The van der Waals surface area contributed by atoms with Crippen LogP contribution in [0.15, 0.2) is 53.1 Å². The molecule has 1 aliphatic rings. The number of hydrogen-bond donors (Lipinski definition) is 0. The van der Waals surface area contributed by atoms with Crippen molar-refractivity contribution in [2.24, 2.45) is 5.41 Å². The summed E-state index contributed by atoms with van der Waals surface area (Å²) in [5, 5.41) is 4.26. The molecule has 2 aromatic carbocycles. The minimum atomic E-state index is 0. The Morgan fingerprint density at radius 1 is 1.00 bits per heavy atom. The van der Waals surface area contributed by atoms with Gasteiger partial charge in [0, 0.05) is 0 Å². The van der Waals surface area contributed by atoms with Gasteiger partial charge in [0.05, 0.1) is 0 Å². The Balaban J connectivity index is 0. The van der Waals surface area contributed by atoms with Gasteiger partial charge in [-0.15, -0.1) is 55.2 Å². The fourth-order valence-electron chi connectivity index (χ4n) is 2.80. The van der Waals surface area contributed by atoms with Gasteiger partial charge in [-0.25, -0.2) is 5.57 Å². The number of halogens is 2. The first-order valence-electron chi connectivity index (χ1n) is 7.85. The van der Waals surface area contributed by atoms with Crippen molar-refractivity contribution in [2.45, 2.75) is 34.6 Å². The normalized spacial score (nSPS) is 14.8. The summed E-state index contributed by atoms with van der Waals surface area (Å²) in [5.41, 5.74) is 4.39. The number of rotatable bonds is 1. The van der Waals surface area contributed by atoms with Gasteiger partial charge in [0.2, 0.25) is 0 Å². The Morgan fingerprint density at radius 3 is 1.92 bits per heavy atom. The van der Waals surface area contributed by atoms with Crippen LogP contribution in [0.5, 0.6) is 0 Å². The first kappa shape index (κ1) is 26.7. The van der Waals surface area contributed by atoms with Crippen LogP contribution in [0.4, 0.5) is 0 Å². The van der Waals surface area contributed by atoms with E-state index in [9.17, 15) is 0 Å². The third-order valence-corrected chi connectivity index (χ3v) is 5.97. The molecule has 0 nitrogen and oxygen atoms in total. The molecule has 0 bridgehead atoms. The van der Waals surface area contributed by atoms with E-state index < -0.39 is 0 Å². The molecule has 1 aliphatic carbocycles. The van der Waals surface area contributed by atoms with Crippen LogP contribution < -0.4 is 14.7 Å². The summed E-state index contributed by atoms with van der Waals surface area (Å²) in [6, 6.07) is 13.2. The molecule has 0 amide bonds. The number of allylic oxidation sites excluding steroid dienone is 4. The average Bonchev–Trinajstić information content (AvgIpc) is 2.96. The zero-order valence-corrected chi connectivity index (χ0v) is 20.7. The van der Waals surface area contributed by atoms with E-state index in [0.717, 1.165) is 0 Å². The summed E-state index contributed by atoms with van der Waals surface area (Å²) in [6.07, 6.45) is 3.44. The molecular formula is C21H27F2HfP. The van der Waals surface area contributed by atoms with E-state index in [4.69, 9.17) is 0 Å². The van der Waals surface area contributed by atoms with Crippen LogP contribution in [-0.4, -0.2) is 13.3 Å². The average molecular weight is 527 g/mol. The SMILES string of the molecule is CC1=[C-]C(C)(C)C(C)=C1C.CP(C)c1cc2ccccc2[cH-]1.[F-].[F-].[Hf+4]. The topological polar surface area (TPSA) is 0 Å². The van der Waals surface area contributed by atoms with Gasteiger partial charge in [-0.05, 0) is 13.3 Å². The molecular weight excluding hydrogens is 500 g/mol. The number of fused-ring (bicyclic) bond motifs is 1. The molecule has 0 saturated heterocycles. The summed E-state index contributed by atoms with van der Waals surface area (Å²) < 4.78 is 0. The molecule has 0 radical (unpaired) electrons. The van der Waals surface area contributed by atoms with Gasteiger partial charge in [0.25, 0.3) is 0 Å². The van der Waals surface area contributed by atoms with Crippen LogP contribution in [0.2, 0.25) is 0 Å². The Morgan fingerprint density at radius 2 is 1.56 bits per heavy atom. The van der Waals surface area contributed by atoms with Gasteiger partial charge in [0.15, 0.2) is 0 Å². The zero-order valence-electron chi connectivity index (χ0n) is 16.2. The predicted molar refractivity (Wildman–Crippen MR) is 103 cm³/mol. The van der Waals surface area contributed by atoms with E-state index in [0.29, 0.717) is 0 Å². The summed E-state index contributed by atoms with van der Waals surface area (Å²) in [7, 11) is 0.0576. The second-order valence-corrected chi connectivity index (χ2v) is 9.17. The molecule has 0 aromatic heterocycles. The first-order valence-corrected chi connectivity index (χ1v) is 10.1. The molecule has 4 heteroatoms. The van der Waals surface area contributed by atoms with Crippen LogP contribution in [0.3, 0.4) is 0 Å². The van der Waals surface area contributed by atoms with E-state index in [1.165, 1.54) is 32.8 Å². The molecule has 25 heavy (non-hydrogen) atoms. The predicted octanol–water partition coefficient (Wildman–Crippen LogP) is 0.0431. The van der Waals surface area contributed by atoms with Gasteiger partial charge in [-0.1, -0.05) is 39.2 Å². The zero-order chi connectivity index (χ0) is 16.5. The Labute approximate surface area is 171 Å². The summed E-state index contributed by atoms with van der Waals surface area (Å²) in [4.78, 5) is 0. The minimum Gasteiger partial charge on any atom is -1.00 e. The third kappa shape index (κ3) is 6.29. The third-order valence-electron chi connectivity index (χ3n) is 4.68. The van der Waals surface area contributed by atoms with Gasteiger partial charge in [-0.3, -0.25) is 6.08 Å². The first-order chi connectivity index (χ1) is 10.2. The van der Waals surface area contributed by atoms with Gasteiger partial charge >= 0.3 is 25.8 Å². The van der Waals surface area contributed by atoms with Crippen molar-refractivity contribution >= 4 is 24.0 Å². The van der Waals surface area contributed by atoms with Gasteiger partial charge in [0.1, 0.15) is 0 Å². The fraction of sp³-hybridized carbons (Fsp3) is 0.381. The van der Waals surface area contributed by atoms with Crippen LogP contribution in [-0.2, 0) is 25.8 Å². The van der Waals surface area contributed by atoms with Gasteiger partial charge < -0.3 is 9.41 Å². The van der Waals surface area contributed by atoms with Crippen molar-refractivity contribution in [2.75, 3.05) is 13.3 Å². The quantitative estimate of drug-likeness (QED) is 0.280. The van der Waals surface area contributed by atoms with E-state index in [1.807, 2.05) is 0 Å². The molecule has 0 fully saturated rings. The van der Waals surface area contributed by atoms with Crippen LogP contribution in [0, 0.1) is 11.5 Å². The van der Waals surface area contributed by atoms with Crippen molar-refractivity contribution in [3.63, 3.8) is 0 Å². The monoisotopic (exact) mass is 528 g/mol. The Hall–Kier alpha value is -0.530. The maximum Gasteiger partial charge on any atom is 4.00 e. The standard InChI is InChI=1S/C11H12P.C10H15.2FH.Hf/c1-12(2)11-7-9-5-3-4-6-10(9)8-11;1-7-6-10(4,5)9(3)8(7)2;;;/h3-8H,1-2H3;1-5H3;2*1H;/q2*-1;;;+4/p-2. The second-order valence-electron chi connectivity index (χ2n) is 6.86. The maximum absolute atomic E-state index is 3.44. The molecule has 134 valence electrons. The summed E-state index contributed by atoms with van der Waals surface area (Å²) in [6.45, 7) is 15.5. The summed E-state index contributed by atoms with van der Waals surface area (Å²) in [5.74, 6) is 0. The Bertz CT molecular complexity index is 706. The number of hydrogen-bond acceptors (Lipinski definition) is 0. The molecule has 0 atom stereocenters. The van der Waals surface area contributed by atoms with E-state index in [1.54, 1.807) is 0 Å². The molecule has 0 aliphatic heterocycles. The molecule has 2 aromatic rings. The molecule has 0 heterocycles.